The Labute approximate surface area is 138 Å². The zero-order valence-corrected chi connectivity index (χ0v) is 13.5. The molecule has 1 amide bonds. The molecule has 1 N–H and O–H groups in total. The highest BCUT2D eigenvalue weighted by Crippen LogP contribution is 2.33. The van der Waals surface area contributed by atoms with Crippen molar-refractivity contribution < 1.29 is 4.79 Å². The van der Waals surface area contributed by atoms with Gasteiger partial charge in [-0.05, 0) is 30.5 Å². The zero-order chi connectivity index (χ0) is 15.9. The molecule has 0 spiro atoms. The Bertz CT molecular complexity index is 855. The first kappa shape index (κ1) is 14.1. The molecule has 116 valence electrons. The van der Waals surface area contributed by atoms with Crippen molar-refractivity contribution in [2.45, 2.75) is 12.5 Å². The molecule has 0 aliphatic carbocycles. The molecule has 1 aliphatic heterocycles. The number of hydrogen-bond acceptors (Lipinski definition) is 5. The maximum atomic E-state index is 12.3. The predicted octanol–water partition coefficient (Wildman–Crippen LogP) is 2.70. The fourth-order valence-electron chi connectivity index (χ4n) is 2.96. The summed E-state index contributed by atoms with van der Waals surface area (Å²) in [6, 6.07) is 11.3. The highest BCUT2D eigenvalue weighted by atomic mass is 32.1. The summed E-state index contributed by atoms with van der Waals surface area (Å²) in [5, 5.41) is 5.16. The van der Waals surface area contributed by atoms with Crippen LogP contribution in [0.1, 0.15) is 17.3 Å². The van der Waals surface area contributed by atoms with Crippen LogP contribution in [0.4, 0.5) is 5.82 Å². The standard InChI is InChI=1S/C17H16N4OS/c1-17(20-16(22)12-5-3-2-4-6-12)9-21(10-17)15-14-13(7-8-23-14)18-11-19-15/h2-8,11H,9-10H2,1H3,(H,20,22). The zero-order valence-electron chi connectivity index (χ0n) is 12.7. The third-order valence-corrected chi connectivity index (χ3v) is 4.95. The van der Waals surface area contributed by atoms with Gasteiger partial charge in [-0.1, -0.05) is 18.2 Å². The molecule has 1 saturated heterocycles. The van der Waals surface area contributed by atoms with E-state index in [0.717, 1.165) is 29.1 Å². The molecule has 0 saturated carbocycles. The topological polar surface area (TPSA) is 58.1 Å². The van der Waals surface area contributed by atoms with Crippen molar-refractivity contribution in [2.75, 3.05) is 18.0 Å². The third-order valence-electron chi connectivity index (χ3n) is 4.05. The molecule has 23 heavy (non-hydrogen) atoms. The SMILES string of the molecule is CC1(NC(=O)c2ccccc2)CN(c2ncnc3ccsc23)C1. The van der Waals surface area contributed by atoms with Crippen LogP contribution in [-0.2, 0) is 0 Å². The Morgan fingerprint density at radius 2 is 2.00 bits per heavy atom. The van der Waals surface area contributed by atoms with Gasteiger partial charge >= 0.3 is 0 Å². The minimum Gasteiger partial charge on any atom is -0.351 e. The number of thiophene rings is 1. The molecular formula is C17H16N4OS. The van der Waals surface area contributed by atoms with Crippen LogP contribution in [0.2, 0.25) is 0 Å². The summed E-state index contributed by atoms with van der Waals surface area (Å²) in [6.45, 7) is 3.56. The van der Waals surface area contributed by atoms with Crippen molar-refractivity contribution >= 4 is 33.3 Å². The third kappa shape index (κ3) is 2.55. The van der Waals surface area contributed by atoms with Crippen LogP contribution >= 0.6 is 11.3 Å². The molecule has 0 unspecified atom stereocenters. The van der Waals surface area contributed by atoms with E-state index in [2.05, 4.69) is 27.1 Å². The van der Waals surface area contributed by atoms with E-state index in [1.807, 2.05) is 41.8 Å². The van der Waals surface area contributed by atoms with Crippen molar-refractivity contribution in [2.24, 2.45) is 0 Å². The van der Waals surface area contributed by atoms with Gasteiger partial charge in [-0.3, -0.25) is 4.79 Å². The van der Waals surface area contributed by atoms with Gasteiger partial charge in [0.25, 0.3) is 5.91 Å². The highest BCUT2D eigenvalue weighted by molar-refractivity contribution is 7.17. The number of fused-ring (bicyclic) bond motifs is 1. The summed E-state index contributed by atoms with van der Waals surface area (Å²) in [5.74, 6) is 0.924. The molecule has 3 aromatic rings. The van der Waals surface area contributed by atoms with Gasteiger partial charge in [-0.25, -0.2) is 9.97 Å². The second-order valence-corrected chi connectivity index (χ2v) is 6.99. The summed E-state index contributed by atoms with van der Waals surface area (Å²) in [5.41, 5.74) is 1.43. The molecule has 1 aliphatic rings. The average Bonchev–Trinajstić information content (AvgIpc) is 3.02. The van der Waals surface area contributed by atoms with Crippen molar-refractivity contribution in [3.05, 3.63) is 53.7 Å². The second kappa shape index (κ2) is 5.31. The molecule has 0 atom stereocenters. The first-order valence-corrected chi connectivity index (χ1v) is 8.33. The van der Waals surface area contributed by atoms with Gasteiger partial charge in [0.2, 0.25) is 0 Å². The van der Waals surface area contributed by atoms with Crippen LogP contribution in [0.25, 0.3) is 10.2 Å². The number of nitrogens with zero attached hydrogens (tertiary/aromatic N) is 3. The van der Waals surface area contributed by atoms with Gasteiger partial charge in [-0.2, -0.15) is 0 Å². The lowest BCUT2D eigenvalue weighted by atomic mass is 9.91. The molecule has 3 heterocycles. The molecule has 0 radical (unpaired) electrons. The summed E-state index contributed by atoms with van der Waals surface area (Å²) in [4.78, 5) is 23.2. The number of amides is 1. The Hall–Kier alpha value is -2.47. The van der Waals surface area contributed by atoms with Crippen LogP contribution in [-0.4, -0.2) is 34.5 Å². The molecule has 2 aromatic heterocycles. The van der Waals surface area contributed by atoms with Crippen molar-refractivity contribution in [1.82, 2.24) is 15.3 Å². The van der Waals surface area contributed by atoms with E-state index in [4.69, 9.17) is 0 Å². The van der Waals surface area contributed by atoms with Gasteiger partial charge in [0.05, 0.1) is 15.8 Å². The summed E-state index contributed by atoms with van der Waals surface area (Å²) in [7, 11) is 0. The predicted molar refractivity (Wildman–Crippen MR) is 91.9 cm³/mol. The fourth-order valence-corrected chi connectivity index (χ4v) is 3.82. The van der Waals surface area contributed by atoms with Crippen molar-refractivity contribution in [3.8, 4) is 0 Å². The van der Waals surface area contributed by atoms with E-state index in [1.54, 1.807) is 17.7 Å². The Morgan fingerprint density at radius 3 is 2.78 bits per heavy atom. The largest absolute Gasteiger partial charge is 0.351 e. The summed E-state index contributed by atoms with van der Waals surface area (Å²) in [6.07, 6.45) is 1.60. The number of carbonyl (C=O) groups excluding carboxylic acids is 1. The molecule has 1 aromatic carbocycles. The van der Waals surface area contributed by atoms with E-state index < -0.39 is 0 Å². The Balaban J connectivity index is 1.48. The van der Waals surface area contributed by atoms with Crippen LogP contribution in [0, 0.1) is 0 Å². The maximum absolute atomic E-state index is 12.3. The monoisotopic (exact) mass is 324 g/mol. The number of nitrogens with one attached hydrogen (secondary N) is 1. The first-order valence-electron chi connectivity index (χ1n) is 7.45. The molecule has 4 rings (SSSR count). The minimum absolute atomic E-state index is 0.0308. The molecule has 5 nitrogen and oxygen atoms in total. The van der Waals surface area contributed by atoms with Gasteiger partial charge in [0, 0.05) is 18.7 Å². The van der Waals surface area contributed by atoms with E-state index in [-0.39, 0.29) is 11.4 Å². The number of rotatable bonds is 3. The number of benzene rings is 1. The number of carbonyl (C=O) groups is 1. The maximum Gasteiger partial charge on any atom is 0.251 e. The van der Waals surface area contributed by atoms with Crippen LogP contribution in [0.15, 0.2) is 48.1 Å². The molecule has 1 fully saturated rings. The minimum atomic E-state index is -0.235. The molecular weight excluding hydrogens is 308 g/mol. The fraction of sp³-hybridized carbons (Fsp3) is 0.235. The lowest BCUT2D eigenvalue weighted by molar-refractivity contribution is 0.0889. The van der Waals surface area contributed by atoms with Crippen LogP contribution in [0.5, 0.6) is 0 Å². The summed E-state index contributed by atoms with van der Waals surface area (Å²) >= 11 is 1.65. The smallest absolute Gasteiger partial charge is 0.251 e. The van der Waals surface area contributed by atoms with Gasteiger partial charge in [-0.15, -0.1) is 11.3 Å². The molecule has 0 bridgehead atoms. The van der Waals surface area contributed by atoms with Crippen molar-refractivity contribution in [3.63, 3.8) is 0 Å². The second-order valence-electron chi connectivity index (χ2n) is 6.07. The summed E-state index contributed by atoms with van der Waals surface area (Å²) < 4.78 is 1.10. The quantitative estimate of drug-likeness (QED) is 0.805. The average molecular weight is 324 g/mol. The van der Waals surface area contributed by atoms with Gasteiger partial charge in [0.1, 0.15) is 12.1 Å². The first-order chi connectivity index (χ1) is 11.1. The Kier molecular flexibility index (Phi) is 3.27. The lowest BCUT2D eigenvalue weighted by Gasteiger charge is -2.49. The van der Waals surface area contributed by atoms with Crippen molar-refractivity contribution in [1.29, 1.82) is 0 Å². The Morgan fingerprint density at radius 1 is 1.22 bits per heavy atom. The normalized spacial score (nSPS) is 16.1. The van der Waals surface area contributed by atoms with E-state index in [1.165, 1.54) is 0 Å². The number of anilines is 1. The van der Waals surface area contributed by atoms with E-state index in [9.17, 15) is 4.79 Å². The van der Waals surface area contributed by atoms with Gasteiger partial charge < -0.3 is 10.2 Å². The number of aromatic nitrogens is 2. The number of hydrogen-bond donors (Lipinski definition) is 1. The van der Waals surface area contributed by atoms with E-state index in [0.29, 0.717) is 5.56 Å². The molecule has 6 heteroatoms. The van der Waals surface area contributed by atoms with E-state index >= 15 is 0 Å². The lowest BCUT2D eigenvalue weighted by Crippen LogP contribution is -2.69. The highest BCUT2D eigenvalue weighted by Gasteiger charge is 2.41. The van der Waals surface area contributed by atoms with Crippen LogP contribution < -0.4 is 10.2 Å². The van der Waals surface area contributed by atoms with Gasteiger partial charge in [0.15, 0.2) is 0 Å². The van der Waals surface area contributed by atoms with Crippen LogP contribution in [0.3, 0.4) is 0 Å².